The summed E-state index contributed by atoms with van der Waals surface area (Å²) in [6.45, 7) is 0.531. The van der Waals surface area contributed by atoms with Crippen LogP contribution < -0.4 is 10.1 Å². The van der Waals surface area contributed by atoms with Gasteiger partial charge in [0.05, 0.1) is 12.1 Å². The Morgan fingerprint density at radius 1 is 1.26 bits per heavy atom. The summed E-state index contributed by atoms with van der Waals surface area (Å²) >= 11 is 9.05. The predicted octanol–water partition coefficient (Wildman–Crippen LogP) is 4.86. The Morgan fingerprint density at radius 3 is 2.74 bits per heavy atom. The molecule has 0 spiro atoms. The molecule has 100 valence electrons. The SMILES string of the molecule is COc1ccc(Br)cc1CNc1ccc(Cl)c(F)c1. The van der Waals surface area contributed by atoms with Crippen molar-refractivity contribution in [3.8, 4) is 5.75 Å². The van der Waals surface area contributed by atoms with Crippen molar-refractivity contribution in [3.05, 3.63) is 57.3 Å². The molecule has 2 nitrogen and oxygen atoms in total. The predicted molar refractivity (Wildman–Crippen MR) is 79.4 cm³/mol. The highest BCUT2D eigenvalue weighted by atomic mass is 79.9. The summed E-state index contributed by atoms with van der Waals surface area (Å²) in [5, 5.41) is 3.25. The van der Waals surface area contributed by atoms with Crippen LogP contribution >= 0.6 is 27.5 Å². The molecule has 19 heavy (non-hydrogen) atoms. The molecule has 2 aromatic carbocycles. The van der Waals surface area contributed by atoms with Gasteiger partial charge in [-0.2, -0.15) is 0 Å². The first-order chi connectivity index (χ1) is 9.10. The van der Waals surface area contributed by atoms with E-state index >= 15 is 0 Å². The van der Waals surface area contributed by atoms with Gasteiger partial charge in [-0.1, -0.05) is 27.5 Å². The second kappa shape index (κ2) is 6.26. The Kier molecular flexibility index (Phi) is 4.66. The van der Waals surface area contributed by atoms with E-state index in [0.29, 0.717) is 12.2 Å². The van der Waals surface area contributed by atoms with Crippen LogP contribution in [0, 0.1) is 5.82 Å². The number of anilines is 1. The summed E-state index contributed by atoms with van der Waals surface area (Å²) in [5.41, 5.74) is 1.65. The highest BCUT2D eigenvalue weighted by Gasteiger charge is 2.05. The van der Waals surface area contributed by atoms with Gasteiger partial charge in [0, 0.05) is 22.3 Å². The molecule has 0 fully saturated rings. The maximum Gasteiger partial charge on any atom is 0.143 e. The zero-order valence-corrected chi connectivity index (χ0v) is 12.6. The highest BCUT2D eigenvalue weighted by molar-refractivity contribution is 9.10. The van der Waals surface area contributed by atoms with E-state index < -0.39 is 5.82 Å². The van der Waals surface area contributed by atoms with Gasteiger partial charge in [-0.3, -0.25) is 0 Å². The van der Waals surface area contributed by atoms with E-state index in [4.69, 9.17) is 16.3 Å². The van der Waals surface area contributed by atoms with Gasteiger partial charge in [0.2, 0.25) is 0 Å². The van der Waals surface area contributed by atoms with Crippen LogP contribution in [0.3, 0.4) is 0 Å². The molecule has 0 amide bonds. The van der Waals surface area contributed by atoms with E-state index in [2.05, 4.69) is 21.2 Å². The zero-order valence-electron chi connectivity index (χ0n) is 10.2. The molecule has 2 rings (SSSR count). The molecule has 0 unspecified atom stereocenters. The quantitative estimate of drug-likeness (QED) is 0.855. The summed E-state index contributed by atoms with van der Waals surface area (Å²) in [6.07, 6.45) is 0. The molecule has 0 aliphatic carbocycles. The van der Waals surface area contributed by atoms with E-state index in [1.165, 1.54) is 12.1 Å². The number of ether oxygens (including phenoxy) is 1. The minimum Gasteiger partial charge on any atom is -0.496 e. The van der Waals surface area contributed by atoms with Crippen molar-refractivity contribution in [3.63, 3.8) is 0 Å². The average molecular weight is 345 g/mol. The minimum absolute atomic E-state index is 0.116. The van der Waals surface area contributed by atoms with Gasteiger partial charge in [0.1, 0.15) is 11.6 Å². The number of hydrogen-bond acceptors (Lipinski definition) is 2. The van der Waals surface area contributed by atoms with Gasteiger partial charge in [0.15, 0.2) is 0 Å². The monoisotopic (exact) mass is 343 g/mol. The van der Waals surface area contributed by atoms with Crippen molar-refractivity contribution in [2.24, 2.45) is 0 Å². The number of halogens is 3. The average Bonchev–Trinajstić information content (AvgIpc) is 2.40. The van der Waals surface area contributed by atoms with Gasteiger partial charge in [0.25, 0.3) is 0 Å². The number of rotatable bonds is 4. The fourth-order valence-corrected chi connectivity index (χ4v) is 2.21. The van der Waals surface area contributed by atoms with E-state index in [9.17, 15) is 4.39 Å². The highest BCUT2D eigenvalue weighted by Crippen LogP contribution is 2.25. The Morgan fingerprint density at radius 2 is 2.05 bits per heavy atom. The molecule has 1 N–H and O–H groups in total. The van der Waals surface area contributed by atoms with Crippen molar-refractivity contribution in [2.75, 3.05) is 12.4 Å². The molecule has 0 saturated carbocycles. The lowest BCUT2D eigenvalue weighted by Crippen LogP contribution is -2.02. The molecule has 0 aromatic heterocycles. The second-order valence-corrected chi connectivity index (χ2v) is 5.26. The third-order valence-corrected chi connectivity index (χ3v) is 3.44. The molecule has 0 bridgehead atoms. The van der Waals surface area contributed by atoms with Crippen LogP contribution in [-0.2, 0) is 6.54 Å². The number of hydrogen-bond donors (Lipinski definition) is 1. The van der Waals surface area contributed by atoms with Gasteiger partial charge < -0.3 is 10.1 Å². The lowest BCUT2D eigenvalue weighted by atomic mass is 10.2. The van der Waals surface area contributed by atoms with Crippen molar-refractivity contribution < 1.29 is 9.13 Å². The Bertz CT molecular complexity index is 592. The zero-order chi connectivity index (χ0) is 13.8. The maximum absolute atomic E-state index is 13.3. The van der Waals surface area contributed by atoms with Gasteiger partial charge >= 0.3 is 0 Å². The molecule has 0 radical (unpaired) electrons. The smallest absolute Gasteiger partial charge is 0.143 e. The van der Waals surface area contributed by atoms with Crippen LogP contribution in [-0.4, -0.2) is 7.11 Å². The Labute approximate surface area is 124 Å². The second-order valence-electron chi connectivity index (χ2n) is 3.94. The maximum atomic E-state index is 13.3. The summed E-state index contributed by atoms with van der Waals surface area (Å²) in [7, 11) is 1.62. The molecule has 0 atom stereocenters. The van der Waals surface area contributed by atoms with Crippen LogP contribution in [0.5, 0.6) is 5.75 Å². The molecule has 0 heterocycles. The van der Waals surface area contributed by atoms with Crippen LogP contribution in [0.15, 0.2) is 40.9 Å². The summed E-state index contributed by atoms with van der Waals surface area (Å²) < 4.78 is 19.6. The van der Waals surface area contributed by atoms with E-state index in [0.717, 1.165) is 15.8 Å². The normalized spacial score (nSPS) is 10.3. The standard InChI is InChI=1S/C14H12BrClFNO/c1-19-14-5-2-10(15)6-9(14)8-18-11-3-4-12(16)13(17)7-11/h2-7,18H,8H2,1H3. The summed E-state index contributed by atoms with van der Waals surface area (Å²) in [5.74, 6) is 0.345. The van der Waals surface area contributed by atoms with Crippen molar-refractivity contribution in [1.29, 1.82) is 0 Å². The minimum atomic E-state index is -0.437. The largest absolute Gasteiger partial charge is 0.496 e. The van der Waals surface area contributed by atoms with Gasteiger partial charge in [-0.25, -0.2) is 4.39 Å². The molecular formula is C14H12BrClFNO. The van der Waals surface area contributed by atoms with E-state index in [-0.39, 0.29) is 5.02 Å². The third kappa shape index (κ3) is 3.61. The fourth-order valence-electron chi connectivity index (χ4n) is 1.69. The summed E-state index contributed by atoms with van der Waals surface area (Å²) in [4.78, 5) is 0. The lowest BCUT2D eigenvalue weighted by molar-refractivity contribution is 0.410. The topological polar surface area (TPSA) is 21.3 Å². The molecule has 0 aliphatic heterocycles. The van der Waals surface area contributed by atoms with Gasteiger partial charge in [-0.05, 0) is 36.4 Å². The van der Waals surface area contributed by atoms with E-state index in [1.807, 2.05) is 18.2 Å². The molecule has 2 aromatic rings. The van der Waals surface area contributed by atoms with Crippen LogP contribution in [0.1, 0.15) is 5.56 Å². The molecular weight excluding hydrogens is 333 g/mol. The van der Waals surface area contributed by atoms with Crippen molar-refractivity contribution in [2.45, 2.75) is 6.54 Å². The molecule has 0 saturated heterocycles. The van der Waals surface area contributed by atoms with Crippen LogP contribution in [0.2, 0.25) is 5.02 Å². The molecule has 5 heteroatoms. The molecule has 0 aliphatic rings. The third-order valence-electron chi connectivity index (χ3n) is 2.65. The first-order valence-electron chi connectivity index (χ1n) is 5.61. The first-order valence-corrected chi connectivity index (χ1v) is 6.78. The Balaban J connectivity index is 2.13. The number of methoxy groups -OCH3 is 1. The van der Waals surface area contributed by atoms with Crippen molar-refractivity contribution in [1.82, 2.24) is 0 Å². The number of benzene rings is 2. The lowest BCUT2D eigenvalue weighted by Gasteiger charge is -2.11. The Hall–Kier alpha value is -1.26. The van der Waals surface area contributed by atoms with Crippen LogP contribution in [0.25, 0.3) is 0 Å². The van der Waals surface area contributed by atoms with Crippen LogP contribution in [0.4, 0.5) is 10.1 Å². The van der Waals surface area contributed by atoms with E-state index in [1.54, 1.807) is 13.2 Å². The van der Waals surface area contributed by atoms with Gasteiger partial charge in [-0.15, -0.1) is 0 Å². The van der Waals surface area contributed by atoms with Crippen molar-refractivity contribution >= 4 is 33.2 Å². The fraction of sp³-hybridized carbons (Fsp3) is 0.143. The summed E-state index contributed by atoms with van der Waals surface area (Å²) in [6, 6.07) is 10.4. The first kappa shape index (κ1) is 14.2. The number of nitrogens with one attached hydrogen (secondary N) is 1.